The van der Waals surface area contributed by atoms with E-state index in [1.807, 2.05) is 19.9 Å². The molecule has 1 aromatic heterocycles. The molecule has 0 radical (unpaired) electrons. The van der Waals surface area contributed by atoms with Gasteiger partial charge in [-0.1, -0.05) is 0 Å². The predicted molar refractivity (Wildman–Crippen MR) is 75.8 cm³/mol. The van der Waals surface area contributed by atoms with Crippen LogP contribution in [0.15, 0.2) is 41.6 Å². The van der Waals surface area contributed by atoms with Crippen molar-refractivity contribution in [1.29, 1.82) is 0 Å². The molecule has 0 fully saturated rings. The Morgan fingerprint density at radius 1 is 1.21 bits per heavy atom. The molecule has 2 rings (SSSR count). The van der Waals surface area contributed by atoms with Crippen molar-refractivity contribution in [3.63, 3.8) is 0 Å². The number of halogens is 1. The monoisotopic (exact) mass is 278 g/mol. The summed E-state index contributed by atoms with van der Waals surface area (Å²) in [6.07, 6.45) is 3.20. The molecule has 4 nitrogen and oxygen atoms in total. The van der Waals surface area contributed by atoms with Gasteiger partial charge in [-0.25, -0.2) is 14.4 Å². The molecule has 0 unspecified atom stereocenters. The van der Waals surface area contributed by atoms with Gasteiger partial charge < -0.3 is 5.32 Å². The van der Waals surface area contributed by atoms with Gasteiger partial charge in [0.05, 0.1) is 5.69 Å². The zero-order valence-corrected chi connectivity index (χ0v) is 11.5. The average Bonchev–Trinajstić information content (AvgIpc) is 2.40. The summed E-state index contributed by atoms with van der Waals surface area (Å²) in [5, 5.41) is 2.84. The fourth-order valence-electron chi connectivity index (χ4n) is 1.33. The van der Waals surface area contributed by atoms with Gasteiger partial charge >= 0.3 is 0 Å². The average molecular weight is 278 g/mol. The second-order valence-corrected chi connectivity index (χ2v) is 5.12. The van der Waals surface area contributed by atoms with E-state index in [1.54, 1.807) is 24.5 Å². The molecule has 0 aliphatic carbocycles. The maximum atomic E-state index is 13.9. The summed E-state index contributed by atoms with van der Waals surface area (Å²) < 4.78 is 17.1. The van der Waals surface area contributed by atoms with Gasteiger partial charge in [0.2, 0.25) is 5.95 Å². The molecule has 6 heteroatoms. The van der Waals surface area contributed by atoms with Crippen molar-refractivity contribution in [2.24, 2.45) is 0 Å². The number of hydrogen-bond donors (Lipinski definition) is 2. The second-order valence-electron chi connectivity index (χ2n) is 4.21. The van der Waals surface area contributed by atoms with Crippen molar-refractivity contribution in [2.45, 2.75) is 24.8 Å². The van der Waals surface area contributed by atoms with Gasteiger partial charge in [0.25, 0.3) is 0 Å². The number of benzene rings is 1. The van der Waals surface area contributed by atoms with Gasteiger partial charge in [0.15, 0.2) is 0 Å². The van der Waals surface area contributed by atoms with Gasteiger partial charge in [-0.2, -0.15) is 0 Å². The molecule has 0 saturated carbocycles. The summed E-state index contributed by atoms with van der Waals surface area (Å²) in [5.74, 6) is 0.0464. The highest BCUT2D eigenvalue weighted by atomic mass is 32.2. The van der Waals surface area contributed by atoms with Gasteiger partial charge in [0, 0.05) is 23.3 Å². The molecule has 19 heavy (non-hydrogen) atoms. The first-order valence-corrected chi connectivity index (χ1v) is 6.73. The zero-order chi connectivity index (χ0) is 13.7. The van der Waals surface area contributed by atoms with Crippen LogP contribution in [0.4, 0.5) is 16.0 Å². The number of nitrogens with one attached hydrogen (secondary N) is 2. The lowest BCUT2D eigenvalue weighted by atomic mass is 10.3. The third-order valence-corrected chi connectivity index (χ3v) is 3.24. The Balaban J connectivity index is 2.07. The van der Waals surface area contributed by atoms with Crippen LogP contribution in [0.3, 0.4) is 0 Å². The minimum atomic E-state index is -0.331. The number of nitrogens with zero attached hydrogens (tertiary/aromatic N) is 2. The Morgan fingerprint density at radius 3 is 2.58 bits per heavy atom. The first kappa shape index (κ1) is 13.8. The van der Waals surface area contributed by atoms with Gasteiger partial charge in [-0.3, -0.25) is 4.72 Å². The summed E-state index contributed by atoms with van der Waals surface area (Å²) in [7, 11) is 0. The molecule has 1 aromatic carbocycles. The van der Waals surface area contributed by atoms with E-state index in [4.69, 9.17) is 0 Å². The van der Waals surface area contributed by atoms with Crippen LogP contribution in [0, 0.1) is 5.82 Å². The summed E-state index contributed by atoms with van der Waals surface area (Å²) in [4.78, 5) is 8.81. The standard InChI is InChI=1S/C13H15FN4S/c1-9(2)18-19-10-4-5-12(11(14)8-10)17-13-15-6-3-7-16-13/h3-9,18H,1-2H3,(H,15,16,17). The first-order chi connectivity index (χ1) is 9.15. The third-order valence-electron chi connectivity index (χ3n) is 2.17. The lowest BCUT2D eigenvalue weighted by Crippen LogP contribution is -2.13. The number of anilines is 2. The van der Waals surface area contributed by atoms with Crippen molar-refractivity contribution in [2.75, 3.05) is 5.32 Å². The number of hydrogen-bond acceptors (Lipinski definition) is 5. The number of aromatic nitrogens is 2. The van der Waals surface area contributed by atoms with Crippen molar-refractivity contribution in [3.05, 3.63) is 42.5 Å². The maximum absolute atomic E-state index is 13.9. The molecule has 2 N–H and O–H groups in total. The summed E-state index contributed by atoms with van der Waals surface area (Å²) in [6.45, 7) is 4.07. The predicted octanol–water partition coefficient (Wildman–Crippen LogP) is 3.36. The highest BCUT2D eigenvalue weighted by Crippen LogP contribution is 2.23. The SMILES string of the molecule is CC(C)NSc1ccc(Nc2ncccn2)c(F)c1. The third kappa shape index (κ3) is 4.18. The van der Waals surface area contributed by atoms with E-state index in [2.05, 4.69) is 20.0 Å². The fourth-order valence-corrected chi connectivity index (χ4v) is 2.00. The number of rotatable bonds is 5. The lowest BCUT2D eigenvalue weighted by Gasteiger charge is -2.09. The Morgan fingerprint density at radius 2 is 1.95 bits per heavy atom. The Bertz CT molecular complexity index is 533. The van der Waals surface area contributed by atoms with E-state index in [0.29, 0.717) is 17.7 Å². The molecule has 0 saturated heterocycles. The van der Waals surface area contributed by atoms with Crippen LogP contribution in [0.2, 0.25) is 0 Å². The maximum Gasteiger partial charge on any atom is 0.227 e. The summed E-state index contributed by atoms with van der Waals surface area (Å²) in [6, 6.07) is 7.04. The molecule has 0 bridgehead atoms. The second kappa shape index (κ2) is 6.49. The van der Waals surface area contributed by atoms with Gasteiger partial charge in [-0.15, -0.1) is 0 Å². The molecule has 1 heterocycles. The van der Waals surface area contributed by atoms with Crippen LogP contribution < -0.4 is 10.0 Å². The van der Waals surface area contributed by atoms with Crippen LogP contribution in [0.1, 0.15) is 13.8 Å². The van der Waals surface area contributed by atoms with Gasteiger partial charge in [0.1, 0.15) is 5.82 Å². The normalized spacial score (nSPS) is 10.7. The minimum Gasteiger partial charge on any atom is -0.322 e. The molecule has 0 aliphatic heterocycles. The van der Waals surface area contributed by atoms with E-state index in [1.165, 1.54) is 18.0 Å². The van der Waals surface area contributed by atoms with E-state index < -0.39 is 0 Å². The highest BCUT2D eigenvalue weighted by molar-refractivity contribution is 7.97. The van der Waals surface area contributed by atoms with E-state index in [0.717, 1.165) is 4.90 Å². The van der Waals surface area contributed by atoms with Crippen LogP contribution in [0.5, 0.6) is 0 Å². The Labute approximate surface area is 116 Å². The Hall–Kier alpha value is -1.66. The van der Waals surface area contributed by atoms with Crippen molar-refractivity contribution in [3.8, 4) is 0 Å². The van der Waals surface area contributed by atoms with Crippen LogP contribution in [0.25, 0.3) is 0 Å². The van der Waals surface area contributed by atoms with Crippen molar-refractivity contribution < 1.29 is 4.39 Å². The molecule has 0 amide bonds. The van der Waals surface area contributed by atoms with Crippen molar-refractivity contribution >= 4 is 23.6 Å². The molecular weight excluding hydrogens is 263 g/mol. The van der Waals surface area contributed by atoms with Crippen LogP contribution >= 0.6 is 11.9 Å². The molecule has 2 aromatic rings. The summed E-state index contributed by atoms with van der Waals surface area (Å²) in [5.41, 5.74) is 0.361. The topological polar surface area (TPSA) is 49.8 Å². The lowest BCUT2D eigenvalue weighted by molar-refractivity contribution is 0.628. The molecule has 0 atom stereocenters. The Kier molecular flexibility index (Phi) is 4.70. The van der Waals surface area contributed by atoms with Crippen LogP contribution in [-0.4, -0.2) is 16.0 Å². The van der Waals surface area contributed by atoms with E-state index in [-0.39, 0.29) is 5.82 Å². The smallest absolute Gasteiger partial charge is 0.227 e. The largest absolute Gasteiger partial charge is 0.322 e. The minimum absolute atomic E-state index is 0.331. The van der Waals surface area contributed by atoms with E-state index >= 15 is 0 Å². The summed E-state index contributed by atoms with van der Waals surface area (Å²) >= 11 is 1.41. The molecule has 0 spiro atoms. The first-order valence-electron chi connectivity index (χ1n) is 5.91. The van der Waals surface area contributed by atoms with Crippen molar-refractivity contribution in [1.82, 2.24) is 14.7 Å². The van der Waals surface area contributed by atoms with Crippen LogP contribution in [-0.2, 0) is 0 Å². The van der Waals surface area contributed by atoms with Gasteiger partial charge in [-0.05, 0) is 50.1 Å². The molecular formula is C13H15FN4S. The van der Waals surface area contributed by atoms with E-state index in [9.17, 15) is 4.39 Å². The zero-order valence-electron chi connectivity index (χ0n) is 10.7. The fraction of sp³-hybridized carbons (Fsp3) is 0.231. The molecule has 0 aliphatic rings. The molecule has 100 valence electrons. The highest BCUT2D eigenvalue weighted by Gasteiger charge is 2.06. The quantitative estimate of drug-likeness (QED) is 0.821.